The highest BCUT2D eigenvalue weighted by Gasteiger charge is 2.20. The number of hydrogen-bond acceptors (Lipinski definition) is 2. The Bertz CT molecular complexity index is 2280. The predicted octanol–water partition coefficient (Wildman–Crippen LogP) is 10.0. The molecule has 0 saturated carbocycles. The van der Waals surface area contributed by atoms with E-state index in [0.29, 0.717) is 0 Å². The number of para-hydroxylation sites is 1. The normalized spacial score (nSPS) is 12.5. The molecule has 0 fully saturated rings. The summed E-state index contributed by atoms with van der Waals surface area (Å²) < 4.78 is 2.32. The molecule has 0 atom stereocenters. The monoisotopic (exact) mass is 529 g/mol. The standard InChI is InChI=1S/C38H31N3/c1-23-22-41-36-30(23)13-8-14-31(36)32-16-24(20-38(2,3)4)15-29-19-34(40-37(41)35(29)32)27-12-7-11-26(17-27)33-18-25-9-5-6-10-28(25)21-39-33/h5-19,21-22H,20H2,1-4H3. The molecule has 198 valence electrons. The number of nitrogens with zero attached hydrogens (tertiary/aromatic N) is 3. The quantitative estimate of drug-likeness (QED) is 0.168. The summed E-state index contributed by atoms with van der Waals surface area (Å²) in [4.78, 5) is 10.2. The molecule has 4 aromatic carbocycles. The molecule has 41 heavy (non-hydrogen) atoms. The third kappa shape index (κ3) is 3.88. The summed E-state index contributed by atoms with van der Waals surface area (Å²) in [7, 11) is 0. The van der Waals surface area contributed by atoms with Gasteiger partial charge in [0, 0.05) is 45.1 Å². The van der Waals surface area contributed by atoms with Crippen molar-refractivity contribution in [1.82, 2.24) is 14.4 Å². The zero-order valence-corrected chi connectivity index (χ0v) is 23.9. The minimum Gasteiger partial charge on any atom is -0.300 e. The summed E-state index contributed by atoms with van der Waals surface area (Å²) in [6.07, 6.45) is 5.23. The smallest absolute Gasteiger partial charge is 0.146 e. The van der Waals surface area contributed by atoms with Crippen LogP contribution in [0.15, 0.2) is 103 Å². The highest BCUT2D eigenvalue weighted by molar-refractivity contribution is 6.22. The van der Waals surface area contributed by atoms with Crippen LogP contribution in [0, 0.1) is 12.3 Å². The van der Waals surface area contributed by atoms with E-state index in [1.54, 1.807) is 0 Å². The van der Waals surface area contributed by atoms with Gasteiger partial charge in [0.25, 0.3) is 0 Å². The number of aromatic nitrogens is 3. The van der Waals surface area contributed by atoms with Crippen molar-refractivity contribution < 1.29 is 0 Å². The van der Waals surface area contributed by atoms with Crippen LogP contribution in [0.1, 0.15) is 31.9 Å². The van der Waals surface area contributed by atoms with Gasteiger partial charge in [0.15, 0.2) is 0 Å². The molecule has 4 aromatic heterocycles. The zero-order valence-electron chi connectivity index (χ0n) is 23.9. The second kappa shape index (κ2) is 8.62. The number of rotatable bonds is 3. The third-order valence-corrected chi connectivity index (χ3v) is 8.33. The van der Waals surface area contributed by atoms with Crippen molar-refractivity contribution in [3.8, 4) is 22.5 Å². The van der Waals surface area contributed by atoms with Gasteiger partial charge in [-0.1, -0.05) is 93.6 Å². The molecule has 3 heteroatoms. The average Bonchev–Trinajstić information content (AvgIpc) is 3.31. The van der Waals surface area contributed by atoms with Crippen molar-refractivity contribution in [3.05, 3.63) is 115 Å². The largest absolute Gasteiger partial charge is 0.300 e. The van der Waals surface area contributed by atoms with E-state index in [0.717, 1.165) is 40.0 Å². The first-order valence-corrected chi connectivity index (χ1v) is 14.4. The maximum atomic E-state index is 5.37. The third-order valence-electron chi connectivity index (χ3n) is 8.33. The molecule has 0 bridgehead atoms. The van der Waals surface area contributed by atoms with Crippen LogP contribution in [0.3, 0.4) is 0 Å². The number of hydrogen-bond donors (Lipinski definition) is 0. The van der Waals surface area contributed by atoms with Crippen LogP contribution < -0.4 is 0 Å². The highest BCUT2D eigenvalue weighted by atomic mass is 15.0. The fraction of sp³-hybridized carbons (Fsp3) is 0.158. The van der Waals surface area contributed by atoms with E-state index in [2.05, 4.69) is 129 Å². The lowest BCUT2D eigenvalue weighted by Gasteiger charge is -2.20. The molecule has 0 N–H and O–H groups in total. The second-order valence-electron chi connectivity index (χ2n) is 12.7. The molecule has 8 rings (SSSR count). The summed E-state index contributed by atoms with van der Waals surface area (Å²) in [6, 6.07) is 33.0. The molecule has 0 aliphatic heterocycles. The molecular weight excluding hydrogens is 498 g/mol. The Kier molecular flexibility index (Phi) is 5.06. The van der Waals surface area contributed by atoms with Crippen LogP contribution in [-0.4, -0.2) is 14.4 Å². The van der Waals surface area contributed by atoms with Gasteiger partial charge in [-0.25, -0.2) is 4.98 Å². The van der Waals surface area contributed by atoms with Gasteiger partial charge in [-0.05, 0) is 64.2 Å². The molecule has 0 amide bonds. The maximum absolute atomic E-state index is 5.37. The summed E-state index contributed by atoms with van der Waals surface area (Å²) in [5, 5.41) is 8.70. The first kappa shape index (κ1) is 24.1. The zero-order chi connectivity index (χ0) is 27.9. The fourth-order valence-corrected chi connectivity index (χ4v) is 6.60. The van der Waals surface area contributed by atoms with E-state index >= 15 is 0 Å². The molecule has 4 heterocycles. The number of benzene rings is 4. The lowest BCUT2D eigenvalue weighted by molar-refractivity contribution is 0.411. The summed E-state index contributed by atoms with van der Waals surface area (Å²) in [5.74, 6) is 0. The Morgan fingerprint density at radius 2 is 1.41 bits per heavy atom. The van der Waals surface area contributed by atoms with Gasteiger partial charge >= 0.3 is 0 Å². The Hall–Kier alpha value is -4.76. The number of aryl methyl sites for hydroxylation is 1. The first-order chi connectivity index (χ1) is 19.8. The Morgan fingerprint density at radius 1 is 0.683 bits per heavy atom. The molecule has 0 saturated heterocycles. The van der Waals surface area contributed by atoms with Gasteiger partial charge < -0.3 is 0 Å². The number of pyridine rings is 3. The predicted molar refractivity (Wildman–Crippen MR) is 173 cm³/mol. The fourth-order valence-electron chi connectivity index (χ4n) is 6.60. The first-order valence-electron chi connectivity index (χ1n) is 14.4. The van der Waals surface area contributed by atoms with Crippen LogP contribution in [0.25, 0.3) is 71.4 Å². The molecule has 0 radical (unpaired) electrons. The van der Waals surface area contributed by atoms with Gasteiger partial charge in [-0.15, -0.1) is 0 Å². The van der Waals surface area contributed by atoms with Gasteiger partial charge in [-0.3, -0.25) is 9.38 Å². The van der Waals surface area contributed by atoms with Gasteiger partial charge in [0.1, 0.15) is 5.65 Å². The van der Waals surface area contributed by atoms with Crippen LogP contribution in [0.2, 0.25) is 0 Å². The molecule has 0 aliphatic rings. The van der Waals surface area contributed by atoms with E-state index < -0.39 is 0 Å². The van der Waals surface area contributed by atoms with E-state index in [-0.39, 0.29) is 5.41 Å². The maximum Gasteiger partial charge on any atom is 0.146 e. The molecule has 0 spiro atoms. The van der Waals surface area contributed by atoms with E-state index in [1.165, 1.54) is 49.0 Å². The van der Waals surface area contributed by atoms with Gasteiger partial charge in [0.05, 0.1) is 16.9 Å². The van der Waals surface area contributed by atoms with Crippen LogP contribution >= 0.6 is 0 Å². The van der Waals surface area contributed by atoms with Crippen molar-refractivity contribution in [2.45, 2.75) is 34.1 Å². The van der Waals surface area contributed by atoms with Gasteiger partial charge in [-0.2, -0.15) is 0 Å². The highest BCUT2D eigenvalue weighted by Crippen LogP contribution is 2.40. The molecule has 8 aromatic rings. The minimum atomic E-state index is 0.192. The van der Waals surface area contributed by atoms with Crippen molar-refractivity contribution in [2.24, 2.45) is 5.41 Å². The lowest BCUT2D eigenvalue weighted by atomic mass is 9.86. The summed E-state index contributed by atoms with van der Waals surface area (Å²) in [6.45, 7) is 9.14. The van der Waals surface area contributed by atoms with Crippen molar-refractivity contribution >= 4 is 48.9 Å². The van der Waals surface area contributed by atoms with Crippen molar-refractivity contribution in [3.63, 3.8) is 0 Å². The van der Waals surface area contributed by atoms with E-state index in [4.69, 9.17) is 9.97 Å². The van der Waals surface area contributed by atoms with Crippen molar-refractivity contribution in [2.75, 3.05) is 0 Å². The van der Waals surface area contributed by atoms with E-state index in [1.807, 2.05) is 6.20 Å². The SMILES string of the molecule is Cc1cn2c3nc(-c4cccc(-c5cc6ccccc6cn5)c4)cc4cc(CC(C)(C)C)cc(c5cccc1c52)c43. The lowest BCUT2D eigenvalue weighted by Crippen LogP contribution is -2.09. The summed E-state index contributed by atoms with van der Waals surface area (Å²) >= 11 is 0. The average molecular weight is 530 g/mol. The second-order valence-corrected chi connectivity index (χ2v) is 12.7. The van der Waals surface area contributed by atoms with Crippen LogP contribution in [-0.2, 0) is 6.42 Å². The van der Waals surface area contributed by atoms with Gasteiger partial charge in [0.2, 0.25) is 0 Å². The van der Waals surface area contributed by atoms with E-state index in [9.17, 15) is 0 Å². The molecular formula is C38H31N3. The summed E-state index contributed by atoms with van der Waals surface area (Å²) in [5.41, 5.74) is 9.24. The topological polar surface area (TPSA) is 30.2 Å². The molecule has 0 unspecified atom stereocenters. The Morgan fingerprint density at radius 3 is 2.24 bits per heavy atom. The van der Waals surface area contributed by atoms with Crippen molar-refractivity contribution in [1.29, 1.82) is 0 Å². The Labute approximate surface area is 239 Å². The number of fused-ring (bicyclic) bond motifs is 3. The minimum absolute atomic E-state index is 0.192. The Balaban J connectivity index is 1.40. The molecule has 0 aliphatic carbocycles. The van der Waals surface area contributed by atoms with Crippen LogP contribution in [0.4, 0.5) is 0 Å². The molecule has 3 nitrogen and oxygen atoms in total. The van der Waals surface area contributed by atoms with Crippen LogP contribution in [0.5, 0.6) is 0 Å².